The largest absolute Gasteiger partial charge is 0.497 e. The summed E-state index contributed by atoms with van der Waals surface area (Å²) in [6, 6.07) is 10.3. The Morgan fingerprint density at radius 1 is 1.36 bits per heavy atom. The molecule has 1 aromatic heterocycles. The number of hydrogen-bond acceptors (Lipinski definition) is 5. The van der Waals surface area contributed by atoms with E-state index in [9.17, 15) is 4.79 Å². The maximum Gasteiger partial charge on any atom is 0.227 e. The molecule has 1 aromatic carbocycles. The number of methoxy groups -OCH3 is 1. The normalized spacial score (nSPS) is 24.5. The van der Waals surface area contributed by atoms with Gasteiger partial charge in [0.05, 0.1) is 13.5 Å². The lowest BCUT2D eigenvalue weighted by Gasteiger charge is -2.33. The van der Waals surface area contributed by atoms with Gasteiger partial charge in [-0.25, -0.2) is 0 Å². The maximum atomic E-state index is 13.1. The number of rotatable bonds is 5. The minimum absolute atomic E-state index is 0.189. The van der Waals surface area contributed by atoms with Gasteiger partial charge in [-0.1, -0.05) is 12.1 Å². The topological polar surface area (TPSA) is 66.5 Å². The van der Waals surface area contributed by atoms with E-state index >= 15 is 0 Å². The first-order valence-electron chi connectivity index (χ1n) is 9.98. The minimum atomic E-state index is 0.189. The summed E-state index contributed by atoms with van der Waals surface area (Å²) in [5, 5.41) is 0. The third-order valence-electron chi connectivity index (χ3n) is 6.01. The Balaban J connectivity index is 1.51. The standard InChI is InChI=1S/C22H28N4O2/c1-15-13-23-9-8-18(15)19-14-24-25-22(19)20-7-4-10-26(20)21(27)12-16-5-3-6-17(11-16)28-2/h3,5-6,8-9,11,13,19-20,22,24-25H,4,7,10,12,14H2,1-2H3. The van der Waals surface area contributed by atoms with Gasteiger partial charge in [0.2, 0.25) is 5.91 Å². The van der Waals surface area contributed by atoms with Crippen LogP contribution in [0.2, 0.25) is 0 Å². The number of likely N-dealkylation sites (tertiary alicyclic amines) is 1. The molecule has 0 spiro atoms. The summed E-state index contributed by atoms with van der Waals surface area (Å²) in [4.78, 5) is 19.4. The number of hydrazine groups is 1. The van der Waals surface area contributed by atoms with E-state index in [0.29, 0.717) is 12.3 Å². The van der Waals surface area contributed by atoms with Gasteiger partial charge in [-0.05, 0) is 54.7 Å². The molecule has 6 nitrogen and oxygen atoms in total. The van der Waals surface area contributed by atoms with Crippen molar-refractivity contribution in [1.82, 2.24) is 20.7 Å². The molecule has 0 saturated carbocycles. The zero-order chi connectivity index (χ0) is 19.5. The van der Waals surface area contributed by atoms with E-state index < -0.39 is 0 Å². The Hall–Kier alpha value is -2.44. The lowest BCUT2D eigenvalue weighted by molar-refractivity contribution is -0.131. The smallest absolute Gasteiger partial charge is 0.227 e. The lowest BCUT2D eigenvalue weighted by Crippen LogP contribution is -2.50. The average Bonchev–Trinajstić information content (AvgIpc) is 3.37. The molecule has 6 heteroatoms. The highest BCUT2D eigenvalue weighted by Gasteiger charge is 2.41. The van der Waals surface area contributed by atoms with Gasteiger partial charge in [-0.2, -0.15) is 0 Å². The van der Waals surface area contributed by atoms with Crippen LogP contribution in [0.1, 0.15) is 35.4 Å². The number of amides is 1. The summed E-state index contributed by atoms with van der Waals surface area (Å²) in [7, 11) is 1.65. The maximum absolute atomic E-state index is 13.1. The summed E-state index contributed by atoms with van der Waals surface area (Å²) >= 11 is 0. The predicted octanol–water partition coefficient (Wildman–Crippen LogP) is 2.19. The van der Waals surface area contributed by atoms with Crippen LogP contribution in [0.25, 0.3) is 0 Å². The molecule has 2 fully saturated rings. The molecule has 148 valence electrons. The Labute approximate surface area is 166 Å². The second kappa shape index (κ2) is 8.29. The number of nitrogens with one attached hydrogen (secondary N) is 2. The van der Waals surface area contributed by atoms with Crippen molar-refractivity contribution in [3.63, 3.8) is 0 Å². The molecule has 3 heterocycles. The van der Waals surface area contributed by atoms with Crippen molar-refractivity contribution in [3.05, 3.63) is 59.4 Å². The van der Waals surface area contributed by atoms with Crippen LogP contribution in [0.3, 0.4) is 0 Å². The van der Waals surface area contributed by atoms with E-state index in [1.165, 1.54) is 11.1 Å². The van der Waals surface area contributed by atoms with Crippen LogP contribution in [0.5, 0.6) is 5.75 Å². The molecule has 0 radical (unpaired) electrons. The van der Waals surface area contributed by atoms with Crippen molar-refractivity contribution in [2.45, 2.75) is 44.2 Å². The number of benzene rings is 1. The summed E-state index contributed by atoms with van der Waals surface area (Å²) < 4.78 is 5.29. The number of pyridine rings is 1. The molecule has 1 amide bonds. The summed E-state index contributed by atoms with van der Waals surface area (Å²) in [6.45, 7) is 3.80. The van der Waals surface area contributed by atoms with Gasteiger partial charge in [0.15, 0.2) is 0 Å². The molecule has 2 aromatic rings. The van der Waals surface area contributed by atoms with Crippen LogP contribution >= 0.6 is 0 Å². The van der Waals surface area contributed by atoms with Gasteiger partial charge >= 0.3 is 0 Å². The second-order valence-electron chi connectivity index (χ2n) is 7.71. The fourth-order valence-electron chi connectivity index (χ4n) is 4.62. The Morgan fingerprint density at radius 3 is 3.07 bits per heavy atom. The number of carbonyl (C=O) groups excluding carboxylic acids is 1. The number of nitrogens with zero attached hydrogens (tertiary/aromatic N) is 2. The van der Waals surface area contributed by atoms with Gasteiger partial charge in [0, 0.05) is 43.5 Å². The fourth-order valence-corrected chi connectivity index (χ4v) is 4.62. The molecule has 2 aliphatic heterocycles. The SMILES string of the molecule is COc1cccc(CC(=O)N2CCCC2C2NNCC2c2ccncc2C)c1. The molecule has 0 bridgehead atoms. The third-order valence-corrected chi connectivity index (χ3v) is 6.01. The first-order chi connectivity index (χ1) is 13.7. The quantitative estimate of drug-likeness (QED) is 0.832. The van der Waals surface area contributed by atoms with Gasteiger partial charge < -0.3 is 9.64 Å². The first kappa shape index (κ1) is 18.9. The summed E-state index contributed by atoms with van der Waals surface area (Å²) in [5.74, 6) is 1.31. The third kappa shape index (κ3) is 3.75. The summed E-state index contributed by atoms with van der Waals surface area (Å²) in [5.41, 5.74) is 10.3. The second-order valence-corrected chi connectivity index (χ2v) is 7.71. The molecule has 0 aliphatic carbocycles. The molecule has 4 rings (SSSR count). The van der Waals surface area contributed by atoms with Crippen LogP contribution in [0, 0.1) is 6.92 Å². The van der Waals surface area contributed by atoms with Crippen molar-refractivity contribution in [3.8, 4) is 5.75 Å². The highest BCUT2D eigenvalue weighted by molar-refractivity contribution is 5.79. The molecule has 2 aliphatic rings. The van der Waals surface area contributed by atoms with Crippen LogP contribution in [0.4, 0.5) is 0 Å². The Kier molecular flexibility index (Phi) is 5.59. The zero-order valence-corrected chi connectivity index (χ0v) is 16.5. The highest BCUT2D eigenvalue weighted by atomic mass is 16.5. The Bertz CT molecular complexity index is 841. The van der Waals surface area contributed by atoms with E-state index in [1.807, 2.05) is 36.7 Å². The average molecular weight is 380 g/mol. The van der Waals surface area contributed by atoms with E-state index in [4.69, 9.17) is 4.74 Å². The van der Waals surface area contributed by atoms with Crippen molar-refractivity contribution >= 4 is 5.91 Å². The molecule has 3 atom stereocenters. The van der Waals surface area contributed by atoms with E-state index in [2.05, 4.69) is 33.7 Å². The van der Waals surface area contributed by atoms with E-state index in [1.54, 1.807) is 7.11 Å². The van der Waals surface area contributed by atoms with Gasteiger partial charge in [0.1, 0.15) is 5.75 Å². The first-order valence-corrected chi connectivity index (χ1v) is 9.98. The van der Waals surface area contributed by atoms with E-state index in [0.717, 1.165) is 37.2 Å². The van der Waals surface area contributed by atoms with Crippen molar-refractivity contribution in [2.75, 3.05) is 20.2 Å². The van der Waals surface area contributed by atoms with Crippen LogP contribution < -0.4 is 15.6 Å². The fraction of sp³-hybridized carbons (Fsp3) is 0.455. The van der Waals surface area contributed by atoms with Crippen LogP contribution in [-0.2, 0) is 11.2 Å². The number of ether oxygens (including phenoxy) is 1. The highest BCUT2D eigenvalue weighted by Crippen LogP contribution is 2.32. The number of aromatic nitrogens is 1. The van der Waals surface area contributed by atoms with Crippen molar-refractivity contribution in [1.29, 1.82) is 0 Å². The van der Waals surface area contributed by atoms with Gasteiger partial charge in [0.25, 0.3) is 0 Å². The molecular formula is C22H28N4O2. The summed E-state index contributed by atoms with van der Waals surface area (Å²) in [6.07, 6.45) is 6.27. The van der Waals surface area contributed by atoms with Crippen molar-refractivity contribution < 1.29 is 9.53 Å². The lowest BCUT2D eigenvalue weighted by atomic mass is 9.86. The van der Waals surface area contributed by atoms with Gasteiger partial charge in [-0.3, -0.25) is 20.6 Å². The van der Waals surface area contributed by atoms with Gasteiger partial charge in [-0.15, -0.1) is 0 Å². The number of hydrogen-bond donors (Lipinski definition) is 2. The zero-order valence-electron chi connectivity index (χ0n) is 16.5. The van der Waals surface area contributed by atoms with Crippen molar-refractivity contribution in [2.24, 2.45) is 0 Å². The number of carbonyl (C=O) groups is 1. The molecule has 3 unspecified atom stereocenters. The monoisotopic (exact) mass is 380 g/mol. The van der Waals surface area contributed by atoms with Crippen LogP contribution in [0.15, 0.2) is 42.7 Å². The molecule has 2 N–H and O–H groups in total. The number of aryl methyl sites for hydroxylation is 1. The minimum Gasteiger partial charge on any atom is -0.497 e. The molecule has 2 saturated heterocycles. The van der Waals surface area contributed by atoms with Crippen LogP contribution in [-0.4, -0.2) is 48.1 Å². The molecule has 28 heavy (non-hydrogen) atoms. The van der Waals surface area contributed by atoms with E-state index in [-0.39, 0.29) is 18.0 Å². The predicted molar refractivity (Wildman–Crippen MR) is 108 cm³/mol. The Morgan fingerprint density at radius 2 is 2.25 bits per heavy atom. The molecular weight excluding hydrogens is 352 g/mol.